The first-order valence-electron chi connectivity index (χ1n) is 12.6. The zero-order chi connectivity index (χ0) is 26.2. The first-order chi connectivity index (χ1) is 17.2. The Kier molecular flexibility index (Phi) is 9.39. The van der Waals surface area contributed by atoms with E-state index in [4.69, 9.17) is 4.74 Å². The Morgan fingerprint density at radius 2 is 1.42 bits per heavy atom. The number of benzene rings is 2. The summed E-state index contributed by atoms with van der Waals surface area (Å²) in [5, 5.41) is 2.81. The fourth-order valence-corrected chi connectivity index (χ4v) is 4.59. The minimum atomic E-state index is -0.978. The van der Waals surface area contributed by atoms with E-state index in [1.54, 1.807) is 14.0 Å². The molecule has 1 aliphatic heterocycles. The summed E-state index contributed by atoms with van der Waals surface area (Å²) in [7, 11) is 1.57. The monoisotopic (exact) mass is 492 g/mol. The molecular weight excluding hydrogens is 456 g/mol. The molecule has 0 radical (unpaired) electrons. The Morgan fingerprint density at radius 1 is 0.861 bits per heavy atom. The molecule has 1 fully saturated rings. The second-order valence-electron chi connectivity index (χ2n) is 9.58. The average molecular weight is 493 g/mol. The highest BCUT2D eigenvalue weighted by molar-refractivity contribution is 6.03. The number of carbonyl (C=O) groups is 4. The van der Waals surface area contributed by atoms with E-state index in [1.807, 2.05) is 67.6 Å². The SMILES string of the molecule is CCCC1OC(=O)C(Cc2ccccc2)N(C)C(=O)C(Cc2ccccc2)NC(=O)C(C)C(=O)C1C. The van der Waals surface area contributed by atoms with Crippen LogP contribution in [0, 0.1) is 11.8 Å². The predicted molar refractivity (Wildman–Crippen MR) is 137 cm³/mol. The van der Waals surface area contributed by atoms with Crippen LogP contribution in [0.1, 0.15) is 44.7 Å². The highest BCUT2D eigenvalue weighted by atomic mass is 16.5. The summed E-state index contributed by atoms with van der Waals surface area (Å²) in [5.41, 5.74) is 1.73. The third kappa shape index (κ3) is 6.59. The number of hydrogen-bond donors (Lipinski definition) is 1. The van der Waals surface area contributed by atoms with Crippen molar-refractivity contribution >= 4 is 23.6 Å². The molecule has 1 N–H and O–H groups in total. The van der Waals surface area contributed by atoms with Gasteiger partial charge in [0.2, 0.25) is 11.8 Å². The van der Waals surface area contributed by atoms with Gasteiger partial charge in [-0.05, 0) is 24.5 Å². The van der Waals surface area contributed by atoms with Crippen LogP contribution >= 0.6 is 0 Å². The Hall–Kier alpha value is -3.48. The topological polar surface area (TPSA) is 92.8 Å². The van der Waals surface area contributed by atoms with Crippen LogP contribution < -0.4 is 5.32 Å². The van der Waals surface area contributed by atoms with Crippen LogP contribution in [0.3, 0.4) is 0 Å². The van der Waals surface area contributed by atoms with E-state index in [-0.39, 0.29) is 18.6 Å². The lowest BCUT2D eigenvalue weighted by atomic mass is 9.88. The molecule has 1 saturated heterocycles. The van der Waals surface area contributed by atoms with Crippen LogP contribution in [0.15, 0.2) is 60.7 Å². The van der Waals surface area contributed by atoms with Crippen molar-refractivity contribution in [2.24, 2.45) is 11.8 Å². The zero-order valence-corrected chi connectivity index (χ0v) is 21.5. The predicted octanol–water partition coefficient (Wildman–Crippen LogP) is 3.35. The highest BCUT2D eigenvalue weighted by Crippen LogP contribution is 2.22. The summed E-state index contributed by atoms with van der Waals surface area (Å²) in [6.07, 6.45) is 1.00. The van der Waals surface area contributed by atoms with Gasteiger partial charge in [-0.2, -0.15) is 0 Å². The maximum atomic E-state index is 13.7. The standard InChI is InChI=1S/C29H36N2O5/c1-5-12-25-19(2)26(32)20(3)27(33)30-23(17-21-13-8-6-9-14-21)28(34)31(4)24(29(35)36-25)18-22-15-10-7-11-16-22/h6-11,13-16,19-20,23-25H,5,12,17-18H2,1-4H3,(H,30,33). The Bertz CT molecular complexity index is 1060. The van der Waals surface area contributed by atoms with Gasteiger partial charge in [-0.1, -0.05) is 80.9 Å². The van der Waals surface area contributed by atoms with Gasteiger partial charge in [0.25, 0.3) is 0 Å². The number of hydrogen-bond acceptors (Lipinski definition) is 5. The third-order valence-corrected chi connectivity index (χ3v) is 6.92. The second-order valence-corrected chi connectivity index (χ2v) is 9.58. The van der Waals surface area contributed by atoms with Crippen molar-refractivity contribution in [3.8, 4) is 0 Å². The van der Waals surface area contributed by atoms with Crippen molar-refractivity contribution in [3.63, 3.8) is 0 Å². The van der Waals surface area contributed by atoms with Crippen molar-refractivity contribution in [2.45, 2.75) is 64.6 Å². The van der Waals surface area contributed by atoms with Gasteiger partial charge in [-0.25, -0.2) is 4.79 Å². The molecule has 7 nitrogen and oxygen atoms in total. The number of nitrogens with zero attached hydrogens (tertiary/aromatic N) is 1. The van der Waals surface area contributed by atoms with Crippen LogP contribution in [0.5, 0.6) is 0 Å². The normalized spacial score (nSPS) is 26.0. The molecule has 5 atom stereocenters. The van der Waals surface area contributed by atoms with Crippen LogP contribution in [-0.4, -0.2) is 53.7 Å². The van der Waals surface area contributed by atoms with Gasteiger partial charge in [0.15, 0.2) is 5.78 Å². The number of amides is 2. The van der Waals surface area contributed by atoms with E-state index in [1.165, 1.54) is 11.8 Å². The Labute approximate surface area is 213 Å². The van der Waals surface area contributed by atoms with E-state index in [9.17, 15) is 19.2 Å². The van der Waals surface area contributed by atoms with Gasteiger partial charge >= 0.3 is 5.97 Å². The van der Waals surface area contributed by atoms with Crippen molar-refractivity contribution in [1.29, 1.82) is 0 Å². The Morgan fingerprint density at radius 3 is 1.97 bits per heavy atom. The molecule has 5 unspecified atom stereocenters. The molecule has 0 bridgehead atoms. The van der Waals surface area contributed by atoms with E-state index < -0.39 is 47.8 Å². The van der Waals surface area contributed by atoms with Crippen LogP contribution in [-0.2, 0) is 36.8 Å². The molecule has 192 valence electrons. The summed E-state index contributed by atoms with van der Waals surface area (Å²) in [6.45, 7) is 5.19. The van der Waals surface area contributed by atoms with Crippen LogP contribution in [0.4, 0.5) is 0 Å². The van der Waals surface area contributed by atoms with Gasteiger partial charge < -0.3 is 15.0 Å². The lowest BCUT2D eigenvalue weighted by Gasteiger charge is -2.34. The quantitative estimate of drug-likeness (QED) is 0.493. The van der Waals surface area contributed by atoms with Crippen molar-refractivity contribution < 1.29 is 23.9 Å². The smallest absolute Gasteiger partial charge is 0.329 e. The molecule has 36 heavy (non-hydrogen) atoms. The van der Waals surface area contributed by atoms with E-state index in [2.05, 4.69) is 5.32 Å². The van der Waals surface area contributed by atoms with Crippen molar-refractivity contribution in [2.75, 3.05) is 7.05 Å². The molecule has 0 saturated carbocycles. The van der Waals surface area contributed by atoms with Crippen LogP contribution in [0.25, 0.3) is 0 Å². The molecule has 0 aliphatic carbocycles. The molecular formula is C29H36N2O5. The highest BCUT2D eigenvalue weighted by Gasteiger charge is 2.39. The minimum absolute atomic E-state index is 0.234. The average Bonchev–Trinajstić information content (AvgIpc) is 2.89. The summed E-state index contributed by atoms with van der Waals surface area (Å²) >= 11 is 0. The number of nitrogens with one attached hydrogen (secondary N) is 1. The molecule has 1 heterocycles. The fraction of sp³-hybridized carbons (Fsp3) is 0.448. The lowest BCUT2D eigenvalue weighted by molar-refractivity contribution is -0.164. The first-order valence-corrected chi connectivity index (χ1v) is 12.6. The Balaban J connectivity index is 2.02. The third-order valence-electron chi connectivity index (χ3n) is 6.92. The van der Waals surface area contributed by atoms with Gasteiger partial charge in [-0.15, -0.1) is 0 Å². The lowest BCUT2D eigenvalue weighted by Crippen LogP contribution is -2.56. The molecule has 0 aromatic heterocycles. The van der Waals surface area contributed by atoms with E-state index >= 15 is 0 Å². The first kappa shape index (κ1) is 27.1. The van der Waals surface area contributed by atoms with E-state index in [0.29, 0.717) is 12.8 Å². The molecule has 7 heteroatoms. The number of cyclic esters (lactones) is 1. The molecule has 2 aromatic carbocycles. The molecule has 1 aliphatic rings. The maximum absolute atomic E-state index is 13.7. The van der Waals surface area contributed by atoms with E-state index in [0.717, 1.165) is 11.1 Å². The molecule has 2 aromatic rings. The number of ether oxygens (including phenoxy) is 1. The van der Waals surface area contributed by atoms with Gasteiger partial charge in [0, 0.05) is 19.9 Å². The number of likely N-dealkylation sites (N-methyl/N-ethyl adjacent to an activating group) is 1. The minimum Gasteiger partial charge on any atom is -0.460 e. The number of carbonyl (C=O) groups excluding carboxylic acids is 4. The number of ketones is 1. The second kappa shape index (κ2) is 12.5. The van der Waals surface area contributed by atoms with Crippen molar-refractivity contribution in [1.82, 2.24) is 10.2 Å². The number of esters is 1. The van der Waals surface area contributed by atoms with Gasteiger partial charge in [0.1, 0.15) is 18.2 Å². The largest absolute Gasteiger partial charge is 0.460 e. The van der Waals surface area contributed by atoms with Crippen LogP contribution in [0.2, 0.25) is 0 Å². The maximum Gasteiger partial charge on any atom is 0.329 e. The van der Waals surface area contributed by atoms with Gasteiger partial charge in [0.05, 0.1) is 11.8 Å². The number of Topliss-reactive ketones (excluding diaryl/α,β-unsaturated/α-hetero) is 1. The van der Waals surface area contributed by atoms with Crippen molar-refractivity contribution in [3.05, 3.63) is 71.8 Å². The fourth-order valence-electron chi connectivity index (χ4n) is 4.59. The number of rotatable bonds is 6. The zero-order valence-electron chi connectivity index (χ0n) is 21.5. The van der Waals surface area contributed by atoms with Gasteiger partial charge in [-0.3, -0.25) is 14.4 Å². The molecule has 2 amide bonds. The summed E-state index contributed by atoms with van der Waals surface area (Å²) in [4.78, 5) is 55.0. The summed E-state index contributed by atoms with van der Waals surface area (Å²) in [5.74, 6) is -3.40. The summed E-state index contributed by atoms with van der Waals surface area (Å²) in [6, 6.07) is 16.9. The summed E-state index contributed by atoms with van der Waals surface area (Å²) < 4.78 is 5.90. The molecule has 3 rings (SSSR count). The molecule has 0 spiro atoms.